The number of aryl methyl sites for hydroxylation is 1. The van der Waals surface area contributed by atoms with Crippen molar-refractivity contribution in [1.82, 2.24) is 14.9 Å². The predicted octanol–water partition coefficient (Wildman–Crippen LogP) is 5.26. The van der Waals surface area contributed by atoms with Gasteiger partial charge in [0.05, 0.1) is 20.3 Å². The van der Waals surface area contributed by atoms with Crippen molar-refractivity contribution in [3.63, 3.8) is 0 Å². The van der Waals surface area contributed by atoms with E-state index in [0.717, 1.165) is 16.7 Å². The summed E-state index contributed by atoms with van der Waals surface area (Å²) in [4.78, 5) is 39.0. The Kier molecular flexibility index (Phi) is 9.90. The zero-order valence-corrected chi connectivity index (χ0v) is 26.2. The van der Waals surface area contributed by atoms with Gasteiger partial charge < -0.3 is 19.5 Å². The van der Waals surface area contributed by atoms with Gasteiger partial charge in [-0.25, -0.2) is 4.79 Å². The van der Waals surface area contributed by atoms with Crippen molar-refractivity contribution >= 4 is 5.91 Å². The second kappa shape index (κ2) is 13.9. The predicted molar refractivity (Wildman–Crippen MR) is 169 cm³/mol. The number of methoxy groups -OCH3 is 2. The van der Waals surface area contributed by atoms with Crippen LogP contribution in [-0.2, 0) is 14.9 Å². The summed E-state index contributed by atoms with van der Waals surface area (Å²) >= 11 is 0. The third-order valence-corrected chi connectivity index (χ3v) is 8.82. The highest BCUT2D eigenvalue weighted by Gasteiger charge is 2.46. The minimum atomic E-state index is -5.01. The minimum Gasteiger partial charge on any atom is -0.497 e. The molecule has 5 rings (SSSR count). The second-order valence-corrected chi connectivity index (χ2v) is 11.6. The number of amides is 1. The highest BCUT2D eigenvalue weighted by molar-refractivity contribution is 5.81. The number of benzene rings is 3. The molecule has 2 N–H and O–H groups in total. The van der Waals surface area contributed by atoms with Crippen LogP contribution < -0.4 is 26.0 Å². The first-order valence-corrected chi connectivity index (χ1v) is 15.1. The van der Waals surface area contributed by atoms with E-state index in [1.165, 1.54) is 10.8 Å². The van der Waals surface area contributed by atoms with Gasteiger partial charge in [0.25, 0.3) is 5.56 Å². The van der Waals surface area contributed by atoms with Gasteiger partial charge in [-0.3, -0.25) is 19.1 Å². The Hall–Kier alpha value is -4.84. The summed E-state index contributed by atoms with van der Waals surface area (Å²) in [6.45, 7) is 1.32. The summed E-state index contributed by atoms with van der Waals surface area (Å²) in [5, 5.41) is 1.97. The quantitative estimate of drug-likeness (QED) is 0.214. The number of nitrogens with one attached hydrogen (secondary N) is 2. The van der Waals surface area contributed by atoms with Crippen LogP contribution in [0.5, 0.6) is 11.5 Å². The first-order chi connectivity index (χ1) is 22.5. The lowest BCUT2D eigenvalue weighted by Gasteiger charge is -2.39. The molecule has 1 amide bonds. The van der Waals surface area contributed by atoms with Crippen molar-refractivity contribution < 1.29 is 32.2 Å². The number of alkyl halides is 3. The Morgan fingerprint density at radius 2 is 1.47 bits per heavy atom. The van der Waals surface area contributed by atoms with Gasteiger partial charge in [0, 0.05) is 23.7 Å². The van der Waals surface area contributed by atoms with Gasteiger partial charge in [-0.1, -0.05) is 54.6 Å². The number of hydrogen-bond acceptors (Lipinski definition) is 6. The minimum absolute atomic E-state index is 0.149. The first-order valence-electron chi connectivity index (χ1n) is 15.1. The van der Waals surface area contributed by atoms with E-state index in [0.29, 0.717) is 23.5 Å². The molecule has 1 fully saturated rings. The zero-order chi connectivity index (χ0) is 33.8. The van der Waals surface area contributed by atoms with Crippen LogP contribution in [-0.4, -0.2) is 48.5 Å². The number of aromatic amines is 1. The van der Waals surface area contributed by atoms with Crippen LogP contribution in [0.3, 0.4) is 0 Å². The number of carbonyl (C=O) groups excluding carboxylic acids is 1. The second-order valence-electron chi connectivity index (χ2n) is 11.6. The smallest absolute Gasteiger partial charge is 0.471 e. The molecule has 47 heavy (non-hydrogen) atoms. The van der Waals surface area contributed by atoms with Crippen LogP contribution in [0.15, 0.2) is 94.6 Å². The van der Waals surface area contributed by atoms with Crippen molar-refractivity contribution in [3.05, 3.63) is 128 Å². The van der Waals surface area contributed by atoms with Crippen LogP contribution in [0.25, 0.3) is 0 Å². The monoisotopic (exact) mass is 651 g/mol. The Balaban J connectivity index is 1.62. The van der Waals surface area contributed by atoms with Crippen molar-refractivity contribution in [2.24, 2.45) is 5.92 Å². The fraction of sp³-hybridized carbons (Fsp3) is 0.343. The highest BCUT2D eigenvalue weighted by Crippen LogP contribution is 2.48. The molecule has 1 aromatic heterocycles. The third kappa shape index (κ3) is 7.12. The van der Waals surface area contributed by atoms with Crippen LogP contribution in [0.4, 0.5) is 13.2 Å². The molecular weight excluding hydrogens is 615 g/mol. The fourth-order valence-corrected chi connectivity index (χ4v) is 6.38. The Labute approximate surface area is 269 Å². The Bertz CT molecular complexity index is 1740. The van der Waals surface area contributed by atoms with E-state index in [1.54, 1.807) is 21.1 Å². The molecule has 3 aromatic carbocycles. The Morgan fingerprint density at radius 3 is 2.00 bits per heavy atom. The maximum absolute atomic E-state index is 13.0. The molecule has 1 saturated heterocycles. The van der Waals surface area contributed by atoms with Crippen LogP contribution in [0, 0.1) is 12.8 Å². The summed E-state index contributed by atoms with van der Waals surface area (Å²) in [7, 11) is 3.16. The largest absolute Gasteiger partial charge is 0.497 e. The maximum atomic E-state index is 13.0. The van der Waals surface area contributed by atoms with E-state index < -0.39 is 41.1 Å². The number of hydrogen-bond donors (Lipinski definition) is 2. The SMILES string of the molecule is COc1ccc(C(C[C@H]2O[C@@H](n3cc(C)c(=O)[nH]c3=O)C[C@@H]2CCNC(=O)C(F)(F)F)(c2ccccc2)c2ccc(OC)cc2)cc1. The zero-order valence-electron chi connectivity index (χ0n) is 26.2. The molecule has 0 saturated carbocycles. The molecule has 248 valence electrons. The van der Waals surface area contributed by atoms with Gasteiger partial charge in [-0.05, 0) is 73.1 Å². The lowest BCUT2D eigenvalue weighted by molar-refractivity contribution is -0.173. The highest BCUT2D eigenvalue weighted by atomic mass is 19.4. The van der Waals surface area contributed by atoms with Crippen molar-refractivity contribution in [3.8, 4) is 11.5 Å². The summed E-state index contributed by atoms with van der Waals surface area (Å²) < 4.78 is 57.8. The molecule has 0 unspecified atom stereocenters. The summed E-state index contributed by atoms with van der Waals surface area (Å²) in [5.74, 6) is -1.08. The maximum Gasteiger partial charge on any atom is 0.471 e. The van der Waals surface area contributed by atoms with Gasteiger partial charge in [0.15, 0.2) is 0 Å². The van der Waals surface area contributed by atoms with E-state index in [9.17, 15) is 27.6 Å². The molecule has 2 heterocycles. The average Bonchev–Trinajstić information content (AvgIpc) is 3.47. The molecule has 9 nitrogen and oxygen atoms in total. The molecule has 0 spiro atoms. The van der Waals surface area contributed by atoms with E-state index in [2.05, 4.69) is 4.98 Å². The molecule has 0 radical (unpaired) electrons. The molecule has 1 aliphatic rings. The number of rotatable bonds is 11. The van der Waals surface area contributed by atoms with Gasteiger partial charge in [0.1, 0.15) is 17.7 Å². The molecule has 3 atom stereocenters. The summed E-state index contributed by atoms with van der Waals surface area (Å²) in [5.41, 5.74) is 1.03. The lowest BCUT2D eigenvalue weighted by atomic mass is 9.65. The van der Waals surface area contributed by atoms with Gasteiger partial charge >= 0.3 is 17.8 Å². The van der Waals surface area contributed by atoms with Crippen molar-refractivity contribution in [2.45, 2.75) is 50.1 Å². The first kappa shape index (κ1) is 33.5. The van der Waals surface area contributed by atoms with Crippen LogP contribution >= 0.6 is 0 Å². The summed E-state index contributed by atoms with van der Waals surface area (Å²) in [6, 6.07) is 25.1. The standard InChI is InChI=1S/C35H36F3N3O6/c1-22-21-41(33(44)40-31(22)42)30-19-23(17-18-39-32(43)35(36,37)38)29(47-30)20-34(24-7-5-4-6-8-24,25-9-13-27(45-2)14-10-25)26-11-15-28(46-3)16-12-26/h4-16,21,23,29-30H,17-20H2,1-3H3,(H,39,43)(H,40,42,44)/t23-,29+,30+/m0/s1. The number of nitrogens with zero attached hydrogens (tertiary/aromatic N) is 1. The molecule has 0 aliphatic carbocycles. The lowest BCUT2D eigenvalue weighted by Crippen LogP contribution is -2.39. The molecule has 1 aliphatic heterocycles. The van der Waals surface area contributed by atoms with E-state index >= 15 is 0 Å². The van der Waals surface area contributed by atoms with Crippen molar-refractivity contribution in [2.75, 3.05) is 20.8 Å². The van der Waals surface area contributed by atoms with E-state index in [1.807, 2.05) is 84.2 Å². The average molecular weight is 652 g/mol. The molecule has 12 heteroatoms. The fourth-order valence-electron chi connectivity index (χ4n) is 6.38. The number of halogens is 3. The van der Waals surface area contributed by atoms with Crippen molar-refractivity contribution in [1.29, 1.82) is 0 Å². The molecular formula is C35H36F3N3O6. The van der Waals surface area contributed by atoms with Gasteiger partial charge in [-0.15, -0.1) is 0 Å². The van der Waals surface area contributed by atoms with Gasteiger partial charge in [0.2, 0.25) is 0 Å². The molecule has 4 aromatic rings. The van der Waals surface area contributed by atoms with Gasteiger partial charge in [-0.2, -0.15) is 13.2 Å². The number of carbonyl (C=O) groups is 1. The van der Waals surface area contributed by atoms with E-state index in [-0.39, 0.29) is 25.3 Å². The van der Waals surface area contributed by atoms with Crippen LogP contribution in [0.2, 0.25) is 0 Å². The normalized spacial score (nSPS) is 18.1. The topological polar surface area (TPSA) is 112 Å². The van der Waals surface area contributed by atoms with Crippen LogP contribution in [0.1, 0.15) is 47.7 Å². The number of aromatic nitrogens is 2. The van der Waals surface area contributed by atoms with E-state index in [4.69, 9.17) is 14.2 Å². The molecule has 0 bridgehead atoms. The summed E-state index contributed by atoms with van der Waals surface area (Å²) in [6.07, 6.45) is -4.28. The number of ether oxygens (including phenoxy) is 3. The number of H-pyrrole nitrogens is 1. The Morgan fingerprint density at radius 1 is 0.915 bits per heavy atom. The third-order valence-electron chi connectivity index (χ3n) is 8.82.